The van der Waals surface area contributed by atoms with Crippen molar-refractivity contribution < 1.29 is 19.4 Å². The Balaban J connectivity index is 2.01. The van der Waals surface area contributed by atoms with Gasteiger partial charge in [-0.2, -0.15) is 0 Å². The molecule has 2 rings (SSSR count). The first-order valence-corrected chi connectivity index (χ1v) is 7.37. The minimum absolute atomic E-state index is 0.0412. The van der Waals surface area contributed by atoms with Crippen LogP contribution in [0.5, 0.6) is 0 Å². The molecule has 2 unspecified atom stereocenters. The van der Waals surface area contributed by atoms with E-state index < -0.39 is 11.4 Å². The second-order valence-corrected chi connectivity index (χ2v) is 5.87. The van der Waals surface area contributed by atoms with E-state index in [0.29, 0.717) is 45.6 Å². The molecular weight excluding hydrogens is 260 g/mol. The van der Waals surface area contributed by atoms with Gasteiger partial charge in [0.05, 0.1) is 11.5 Å². The Kier molecular flexibility index (Phi) is 4.52. The Bertz CT molecular complexity index is 387. The number of ether oxygens (including phenoxy) is 1. The van der Waals surface area contributed by atoms with Crippen LogP contribution in [-0.2, 0) is 9.53 Å². The van der Waals surface area contributed by atoms with Crippen LogP contribution in [0.2, 0.25) is 0 Å². The lowest BCUT2D eigenvalue weighted by atomic mass is 9.84. The zero-order chi connectivity index (χ0) is 14.8. The summed E-state index contributed by atoms with van der Waals surface area (Å²) in [5.41, 5.74) is -0.760. The first-order chi connectivity index (χ1) is 9.48. The number of carboxylic acid groups (broad SMARTS) is 1. The average Bonchev–Trinajstić information content (AvgIpc) is 2.76. The van der Waals surface area contributed by atoms with Crippen molar-refractivity contribution in [3.8, 4) is 0 Å². The number of hydrogen-bond donors (Lipinski definition) is 1. The topological polar surface area (TPSA) is 70.1 Å². The second kappa shape index (κ2) is 5.99. The van der Waals surface area contributed by atoms with Crippen LogP contribution < -0.4 is 0 Å². The summed E-state index contributed by atoms with van der Waals surface area (Å²) < 4.78 is 5.54. The zero-order valence-electron chi connectivity index (χ0n) is 12.3. The quantitative estimate of drug-likeness (QED) is 0.832. The van der Waals surface area contributed by atoms with E-state index in [4.69, 9.17) is 4.74 Å². The standard InChI is InChI=1S/C14H24N2O4/c1-3-14(12(17)18)5-7-16(10-14)13(19)15-6-4-8-20-11(2)9-15/h11H,3-10H2,1-2H3,(H,17,18). The molecule has 2 aliphatic heterocycles. The fraction of sp³-hybridized carbons (Fsp3) is 0.857. The Hall–Kier alpha value is -1.30. The molecule has 1 N–H and O–H groups in total. The van der Waals surface area contributed by atoms with E-state index >= 15 is 0 Å². The number of carboxylic acids is 1. The van der Waals surface area contributed by atoms with Crippen molar-refractivity contribution in [1.82, 2.24) is 9.80 Å². The minimum Gasteiger partial charge on any atom is -0.481 e. The molecule has 0 aliphatic carbocycles. The number of hydrogen-bond acceptors (Lipinski definition) is 3. The van der Waals surface area contributed by atoms with E-state index in [0.717, 1.165) is 6.42 Å². The normalized spacial score (nSPS) is 31.2. The van der Waals surface area contributed by atoms with Crippen molar-refractivity contribution in [3.63, 3.8) is 0 Å². The molecule has 2 fully saturated rings. The molecule has 114 valence electrons. The van der Waals surface area contributed by atoms with Crippen LogP contribution in [0.4, 0.5) is 4.79 Å². The largest absolute Gasteiger partial charge is 0.481 e. The maximum atomic E-state index is 12.5. The molecule has 2 amide bonds. The third-order valence-corrected chi connectivity index (χ3v) is 4.48. The van der Waals surface area contributed by atoms with Crippen molar-refractivity contribution in [3.05, 3.63) is 0 Å². The van der Waals surface area contributed by atoms with Gasteiger partial charge in [0, 0.05) is 32.8 Å². The second-order valence-electron chi connectivity index (χ2n) is 5.87. The molecule has 0 bridgehead atoms. The van der Waals surface area contributed by atoms with Crippen LogP contribution in [-0.4, -0.2) is 65.8 Å². The molecule has 2 atom stereocenters. The Morgan fingerprint density at radius 1 is 1.35 bits per heavy atom. The summed E-state index contributed by atoms with van der Waals surface area (Å²) in [6.07, 6.45) is 1.98. The average molecular weight is 284 g/mol. The molecule has 20 heavy (non-hydrogen) atoms. The first kappa shape index (κ1) is 15.1. The van der Waals surface area contributed by atoms with E-state index in [2.05, 4.69) is 0 Å². The number of aliphatic carboxylic acids is 1. The summed E-state index contributed by atoms with van der Waals surface area (Å²) in [7, 11) is 0. The van der Waals surface area contributed by atoms with Gasteiger partial charge in [-0.25, -0.2) is 4.79 Å². The van der Waals surface area contributed by atoms with Crippen LogP contribution >= 0.6 is 0 Å². The molecule has 0 aromatic rings. The fourth-order valence-corrected chi connectivity index (χ4v) is 3.02. The highest BCUT2D eigenvalue weighted by Crippen LogP contribution is 2.34. The summed E-state index contributed by atoms with van der Waals surface area (Å²) in [6, 6.07) is -0.0427. The third-order valence-electron chi connectivity index (χ3n) is 4.48. The highest BCUT2D eigenvalue weighted by atomic mass is 16.5. The maximum Gasteiger partial charge on any atom is 0.320 e. The SMILES string of the molecule is CCC1(C(=O)O)CCN(C(=O)N2CCCOC(C)C2)C1. The van der Waals surface area contributed by atoms with Crippen LogP contribution in [0.15, 0.2) is 0 Å². The van der Waals surface area contributed by atoms with Gasteiger partial charge in [-0.05, 0) is 26.2 Å². The van der Waals surface area contributed by atoms with Crippen molar-refractivity contribution in [2.45, 2.75) is 39.2 Å². The van der Waals surface area contributed by atoms with E-state index in [9.17, 15) is 14.7 Å². The van der Waals surface area contributed by atoms with Crippen molar-refractivity contribution in [2.24, 2.45) is 5.41 Å². The highest BCUT2D eigenvalue weighted by Gasteiger charge is 2.45. The number of likely N-dealkylation sites (tertiary alicyclic amines) is 1. The van der Waals surface area contributed by atoms with Crippen molar-refractivity contribution in [2.75, 3.05) is 32.8 Å². The van der Waals surface area contributed by atoms with E-state index in [1.54, 1.807) is 9.80 Å². The summed E-state index contributed by atoms with van der Waals surface area (Å²) >= 11 is 0. The molecule has 0 aromatic heterocycles. The predicted octanol–water partition coefficient (Wildman–Crippen LogP) is 1.40. The Labute approximate surface area is 119 Å². The fourth-order valence-electron chi connectivity index (χ4n) is 3.02. The molecule has 0 aromatic carbocycles. The summed E-state index contributed by atoms with van der Waals surface area (Å²) in [5.74, 6) is -0.789. The van der Waals surface area contributed by atoms with Crippen LogP contribution in [0, 0.1) is 5.41 Å². The highest BCUT2D eigenvalue weighted by molar-refractivity contribution is 5.79. The van der Waals surface area contributed by atoms with Crippen LogP contribution in [0.3, 0.4) is 0 Å². The number of nitrogens with zero attached hydrogens (tertiary/aromatic N) is 2. The summed E-state index contributed by atoms with van der Waals surface area (Å²) in [4.78, 5) is 27.4. The van der Waals surface area contributed by atoms with Gasteiger partial charge in [0.25, 0.3) is 0 Å². The van der Waals surface area contributed by atoms with Crippen LogP contribution in [0.1, 0.15) is 33.1 Å². The monoisotopic (exact) mass is 284 g/mol. The van der Waals surface area contributed by atoms with Gasteiger partial charge in [0.2, 0.25) is 0 Å². The van der Waals surface area contributed by atoms with E-state index in [-0.39, 0.29) is 12.1 Å². The molecule has 2 heterocycles. The zero-order valence-corrected chi connectivity index (χ0v) is 12.3. The van der Waals surface area contributed by atoms with Crippen molar-refractivity contribution in [1.29, 1.82) is 0 Å². The number of rotatable bonds is 2. The number of carbonyl (C=O) groups excluding carboxylic acids is 1. The van der Waals surface area contributed by atoms with Gasteiger partial charge in [0.1, 0.15) is 0 Å². The van der Waals surface area contributed by atoms with Crippen LogP contribution in [0.25, 0.3) is 0 Å². The van der Waals surface area contributed by atoms with Gasteiger partial charge in [-0.15, -0.1) is 0 Å². The lowest BCUT2D eigenvalue weighted by Crippen LogP contribution is -2.46. The smallest absolute Gasteiger partial charge is 0.320 e. The summed E-state index contributed by atoms with van der Waals surface area (Å²) in [5, 5.41) is 9.39. The number of urea groups is 1. The lowest BCUT2D eigenvalue weighted by molar-refractivity contribution is -0.148. The number of carbonyl (C=O) groups is 2. The van der Waals surface area contributed by atoms with E-state index in [1.165, 1.54) is 0 Å². The molecule has 0 saturated carbocycles. The molecule has 6 heteroatoms. The first-order valence-electron chi connectivity index (χ1n) is 7.37. The van der Waals surface area contributed by atoms with Gasteiger partial charge in [0.15, 0.2) is 0 Å². The van der Waals surface area contributed by atoms with Gasteiger partial charge in [-0.1, -0.05) is 6.92 Å². The number of amides is 2. The minimum atomic E-state index is -0.789. The lowest BCUT2D eigenvalue weighted by Gasteiger charge is -2.29. The molecular formula is C14H24N2O4. The summed E-state index contributed by atoms with van der Waals surface area (Å²) in [6.45, 7) is 6.65. The van der Waals surface area contributed by atoms with Gasteiger partial charge >= 0.3 is 12.0 Å². The van der Waals surface area contributed by atoms with Gasteiger partial charge < -0.3 is 19.6 Å². The predicted molar refractivity (Wildman–Crippen MR) is 73.5 cm³/mol. The molecule has 2 saturated heterocycles. The molecule has 0 radical (unpaired) electrons. The third kappa shape index (κ3) is 2.90. The molecule has 2 aliphatic rings. The Morgan fingerprint density at radius 2 is 2.10 bits per heavy atom. The Morgan fingerprint density at radius 3 is 2.70 bits per heavy atom. The molecule has 6 nitrogen and oxygen atoms in total. The maximum absolute atomic E-state index is 12.5. The van der Waals surface area contributed by atoms with Gasteiger partial charge in [-0.3, -0.25) is 4.79 Å². The molecule has 0 spiro atoms. The van der Waals surface area contributed by atoms with E-state index in [1.807, 2.05) is 13.8 Å². The van der Waals surface area contributed by atoms with Crippen molar-refractivity contribution >= 4 is 12.0 Å².